The molecule has 1 aliphatic rings. The number of hydrogen-bond donors (Lipinski definition) is 2. The Kier molecular flexibility index (Phi) is 2.88. The molecule has 2 N–H and O–H groups in total. The van der Waals surface area contributed by atoms with E-state index >= 15 is 0 Å². The first kappa shape index (κ1) is 9.73. The van der Waals surface area contributed by atoms with Gasteiger partial charge in [-0.25, -0.2) is 4.98 Å². The first-order chi connectivity index (χ1) is 6.74. The molecule has 1 aliphatic heterocycles. The zero-order valence-electron chi connectivity index (χ0n) is 7.42. The van der Waals surface area contributed by atoms with Crippen LogP contribution in [-0.4, -0.2) is 23.5 Å². The van der Waals surface area contributed by atoms with E-state index in [1.807, 2.05) is 0 Å². The van der Waals surface area contributed by atoms with E-state index in [1.54, 1.807) is 5.38 Å². The average molecular weight is 232 g/mol. The number of halogens is 1. The number of nitrogens with zero attached hydrogens (tertiary/aromatic N) is 1. The second kappa shape index (κ2) is 4.14. The monoisotopic (exact) mass is 231 g/mol. The van der Waals surface area contributed by atoms with Gasteiger partial charge in [-0.05, 0) is 6.42 Å². The van der Waals surface area contributed by atoms with Crippen LogP contribution in [0.3, 0.4) is 0 Å². The largest absolute Gasteiger partial charge is 0.359 e. The van der Waals surface area contributed by atoms with Crippen LogP contribution in [0.4, 0.5) is 5.13 Å². The highest BCUT2D eigenvalue weighted by atomic mass is 35.5. The molecule has 1 atom stereocenters. The second-order valence-electron chi connectivity index (χ2n) is 3.16. The molecule has 0 saturated carbocycles. The lowest BCUT2D eigenvalue weighted by Crippen LogP contribution is -2.31. The molecule has 6 heteroatoms. The van der Waals surface area contributed by atoms with Crippen molar-refractivity contribution in [2.75, 3.05) is 11.9 Å². The Morgan fingerprint density at radius 2 is 2.64 bits per heavy atom. The average Bonchev–Trinajstić information content (AvgIpc) is 2.72. The fourth-order valence-corrected chi connectivity index (χ4v) is 2.22. The van der Waals surface area contributed by atoms with Crippen LogP contribution >= 0.6 is 22.9 Å². The van der Waals surface area contributed by atoms with Gasteiger partial charge < -0.3 is 10.6 Å². The highest BCUT2D eigenvalue weighted by Crippen LogP contribution is 2.19. The minimum absolute atomic E-state index is 0.133. The summed E-state index contributed by atoms with van der Waals surface area (Å²) in [6.07, 6.45) is 1.52. The SMILES string of the molecule is O=C1CCC(CNc2nc(Cl)cs2)N1. The fourth-order valence-electron chi connectivity index (χ4n) is 1.38. The van der Waals surface area contributed by atoms with Crippen LogP contribution in [0.2, 0.25) is 5.15 Å². The maximum Gasteiger partial charge on any atom is 0.220 e. The van der Waals surface area contributed by atoms with E-state index in [-0.39, 0.29) is 11.9 Å². The smallest absolute Gasteiger partial charge is 0.220 e. The summed E-state index contributed by atoms with van der Waals surface area (Å²) in [7, 11) is 0. The number of anilines is 1. The van der Waals surface area contributed by atoms with E-state index in [0.29, 0.717) is 11.6 Å². The minimum Gasteiger partial charge on any atom is -0.359 e. The summed E-state index contributed by atoms with van der Waals surface area (Å²) in [6.45, 7) is 0.718. The van der Waals surface area contributed by atoms with Crippen molar-refractivity contribution in [3.05, 3.63) is 10.5 Å². The molecule has 14 heavy (non-hydrogen) atoms. The second-order valence-corrected chi connectivity index (χ2v) is 4.40. The van der Waals surface area contributed by atoms with E-state index in [9.17, 15) is 4.79 Å². The lowest BCUT2D eigenvalue weighted by atomic mass is 10.2. The van der Waals surface area contributed by atoms with E-state index in [2.05, 4.69) is 15.6 Å². The van der Waals surface area contributed by atoms with Gasteiger partial charge in [-0.1, -0.05) is 11.6 Å². The van der Waals surface area contributed by atoms with Crippen molar-refractivity contribution in [1.29, 1.82) is 0 Å². The van der Waals surface area contributed by atoms with Crippen LogP contribution < -0.4 is 10.6 Å². The molecular formula is C8H10ClN3OS. The Balaban J connectivity index is 1.80. The maximum absolute atomic E-state index is 10.9. The van der Waals surface area contributed by atoms with Gasteiger partial charge in [-0.15, -0.1) is 11.3 Å². The van der Waals surface area contributed by atoms with E-state index in [1.165, 1.54) is 11.3 Å². The normalized spacial score (nSPS) is 20.9. The Labute approximate surface area is 90.7 Å². The maximum atomic E-state index is 10.9. The van der Waals surface area contributed by atoms with Gasteiger partial charge in [-0.2, -0.15) is 0 Å². The predicted molar refractivity (Wildman–Crippen MR) is 56.8 cm³/mol. The van der Waals surface area contributed by atoms with Crippen molar-refractivity contribution in [3.8, 4) is 0 Å². The summed E-state index contributed by atoms with van der Waals surface area (Å²) in [5.41, 5.74) is 0. The summed E-state index contributed by atoms with van der Waals surface area (Å²) in [4.78, 5) is 14.9. The summed E-state index contributed by atoms with van der Waals surface area (Å²) in [6, 6.07) is 0.227. The number of carbonyl (C=O) groups excluding carboxylic acids is 1. The molecule has 1 saturated heterocycles. The first-order valence-electron chi connectivity index (χ1n) is 4.38. The molecule has 4 nitrogen and oxygen atoms in total. The third-order valence-electron chi connectivity index (χ3n) is 2.06. The van der Waals surface area contributed by atoms with Gasteiger partial charge in [0.1, 0.15) is 5.15 Å². The van der Waals surface area contributed by atoms with Crippen molar-refractivity contribution in [2.45, 2.75) is 18.9 Å². The Hall–Kier alpha value is -0.810. The summed E-state index contributed by atoms with van der Waals surface area (Å²) in [5, 5.41) is 9.09. The molecule has 1 aromatic rings. The van der Waals surface area contributed by atoms with Gasteiger partial charge in [-0.3, -0.25) is 4.79 Å². The highest BCUT2D eigenvalue weighted by molar-refractivity contribution is 7.14. The van der Waals surface area contributed by atoms with Gasteiger partial charge in [0, 0.05) is 24.4 Å². The lowest BCUT2D eigenvalue weighted by molar-refractivity contribution is -0.119. The number of carbonyl (C=O) groups is 1. The fraction of sp³-hybridized carbons (Fsp3) is 0.500. The van der Waals surface area contributed by atoms with E-state index in [4.69, 9.17) is 11.6 Å². The molecular weight excluding hydrogens is 222 g/mol. The standard InChI is InChI=1S/C8H10ClN3OS/c9-6-4-14-8(12-6)10-3-5-1-2-7(13)11-5/h4-5H,1-3H2,(H,10,12)(H,11,13). The van der Waals surface area contributed by atoms with Crippen LogP contribution in [0, 0.1) is 0 Å². The number of aromatic nitrogens is 1. The van der Waals surface area contributed by atoms with Gasteiger partial charge in [0.25, 0.3) is 0 Å². The van der Waals surface area contributed by atoms with Crippen molar-refractivity contribution in [2.24, 2.45) is 0 Å². The number of nitrogens with one attached hydrogen (secondary N) is 2. The molecule has 1 amide bonds. The zero-order valence-corrected chi connectivity index (χ0v) is 8.99. The topological polar surface area (TPSA) is 54.0 Å². The number of amides is 1. The van der Waals surface area contributed by atoms with Crippen molar-refractivity contribution in [3.63, 3.8) is 0 Å². The Morgan fingerprint density at radius 3 is 3.21 bits per heavy atom. The molecule has 0 aliphatic carbocycles. The molecule has 1 fully saturated rings. The first-order valence-corrected chi connectivity index (χ1v) is 5.64. The van der Waals surface area contributed by atoms with Crippen molar-refractivity contribution >= 4 is 34.0 Å². The van der Waals surface area contributed by atoms with Crippen molar-refractivity contribution in [1.82, 2.24) is 10.3 Å². The minimum atomic E-state index is 0.133. The predicted octanol–water partition coefficient (Wildman–Crippen LogP) is 1.49. The van der Waals surface area contributed by atoms with Crippen molar-refractivity contribution < 1.29 is 4.79 Å². The van der Waals surface area contributed by atoms with Crippen LogP contribution in [0.5, 0.6) is 0 Å². The van der Waals surface area contributed by atoms with Crippen LogP contribution in [0.15, 0.2) is 5.38 Å². The molecule has 0 bridgehead atoms. The number of thiazole rings is 1. The highest BCUT2D eigenvalue weighted by Gasteiger charge is 2.20. The van der Waals surface area contributed by atoms with Gasteiger partial charge in [0.05, 0.1) is 0 Å². The molecule has 0 radical (unpaired) electrons. The zero-order chi connectivity index (χ0) is 9.97. The van der Waals surface area contributed by atoms with Crippen LogP contribution in [0.25, 0.3) is 0 Å². The van der Waals surface area contributed by atoms with Gasteiger partial charge >= 0.3 is 0 Å². The molecule has 2 heterocycles. The Bertz CT molecular complexity index is 341. The summed E-state index contributed by atoms with van der Waals surface area (Å²) < 4.78 is 0. The third kappa shape index (κ3) is 2.36. The third-order valence-corrected chi connectivity index (χ3v) is 3.18. The van der Waals surface area contributed by atoms with Gasteiger partial charge in [0.15, 0.2) is 5.13 Å². The number of rotatable bonds is 3. The molecule has 1 unspecified atom stereocenters. The van der Waals surface area contributed by atoms with Crippen LogP contribution in [0.1, 0.15) is 12.8 Å². The molecule has 0 aromatic carbocycles. The summed E-state index contributed by atoms with van der Waals surface area (Å²) in [5.74, 6) is 0.133. The summed E-state index contributed by atoms with van der Waals surface area (Å²) >= 11 is 7.14. The molecule has 76 valence electrons. The molecule has 2 rings (SSSR count). The quantitative estimate of drug-likeness (QED) is 0.829. The number of hydrogen-bond acceptors (Lipinski definition) is 4. The van der Waals surface area contributed by atoms with E-state index in [0.717, 1.165) is 18.1 Å². The molecule has 0 spiro atoms. The lowest BCUT2D eigenvalue weighted by Gasteiger charge is -2.09. The van der Waals surface area contributed by atoms with Crippen LogP contribution in [-0.2, 0) is 4.79 Å². The van der Waals surface area contributed by atoms with E-state index < -0.39 is 0 Å². The Morgan fingerprint density at radius 1 is 1.79 bits per heavy atom. The van der Waals surface area contributed by atoms with Gasteiger partial charge in [0.2, 0.25) is 5.91 Å². The molecule has 1 aromatic heterocycles.